The SMILES string of the molecule is NCc1cn(CC(=O)c2ccc3c(c2)CCC3)nn1. The summed E-state index contributed by atoms with van der Waals surface area (Å²) in [4.78, 5) is 12.2. The van der Waals surface area contributed by atoms with Crippen LogP contribution >= 0.6 is 0 Å². The van der Waals surface area contributed by atoms with E-state index in [1.165, 1.54) is 22.2 Å². The Morgan fingerprint density at radius 1 is 1.32 bits per heavy atom. The van der Waals surface area contributed by atoms with Crippen molar-refractivity contribution in [2.45, 2.75) is 32.4 Å². The lowest BCUT2D eigenvalue weighted by Gasteiger charge is -2.04. The summed E-state index contributed by atoms with van der Waals surface area (Å²) in [5.41, 5.74) is 9.61. The molecular formula is C14H16N4O. The molecule has 19 heavy (non-hydrogen) atoms. The highest BCUT2D eigenvalue weighted by atomic mass is 16.1. The summed E-state index contributed by atoms with van der Waals surface area (Å²) in [6, 6.07) is 6.00. The first-order valence-electron chi connectivity index (χ1n) is 6.50. The molecule has 0 radical (unpaired) electrons. The van der Waals surface area contributed by atoms with Crippen LogP contribution in [0.3, 0.4) is 0 Å². The van der Waals surface area contributed by atoms with Gasteiger partial charge in [-0.2, -0.15) is 0 Å². The van der Waals surface area contributed by atoms with Crippen molar-refractivity contribution >= 4 is 5.78 Å². The normalized spacial score (nSPS) is 13.5. The van der Waals surface area contributed by atoms with Crippen molar-refractivity contribution < 1.29 is 4.79 Å². The number of carbonyl (C=O) groups is 1. The molecule has 5 nitrogen and oxygen atoms in total. The van der Waals surface area contributed by atoms with E-state index in [4.69, 9.17) is 5.73 Å². The molecule has 2 aromatic rings. The van der Waals surface area contributed by atoms with Crippen LogP contribution in [0.15, 0.2) is 24.4 Å². The molecule has 5 heteroatoms. The van der Waals surface area contributed by atoms with Crippen LogP contribution in [0.1, 0.15) is 33.6 Å². The molecule has 1 aliphatic carbocycles. The summed E-state index contributed by atoms with van der Waals surface area (Å²) in [6.45, 7) is 0.554. The van der Waals surface area contributed by atoms with Crippen LogP contribution in [-0.2, 0) is 25.9 Å². The van der Waals surface area contributed by atoms with E-state index in [0.29, 0.717) is 12.2 Å². The minimum absolute atomic E-state index is 0.0585. The zero-order chi connectivity index (χ0) is 13.2. The molecular weight excluding hydrogens is 240 g/mol. The molecule has 1 aliphatic rings. The predicted octanol–water partition coefficient (Wildman–Crippen LogP) is 1.11. The lowest BCUT2D eigenvalue weighted by atomic mass is 10.0. The second-order valence-electron chi connectivity index (χ2n) is 4.87. The lowest BCUT2D eigenvalue weighted by Crippen LogP contribution is -2.11. The molecule has 0 bridgehead atoms. The van der Waals surface area contributed by atoms with Gasteiger partial charge in [0.2, 0.25) is 0 Å². The number of Topliss-reactive ketones (excluding diaryl/α,β-unsaturated/α-hetero) is 1. The summed E-state index contributed by atoms with van der Waals surface area (Å²) < 4.78 is 1.54. The average Bonchev–Trinajstić information content (AvgIpc) is 3.05. The first kappa shape index (κ1) is 12.0. The van der Waals surface area contributed by atoms with Crippen LogP contribution in [0.4, 0.5) is 0 Å². The van der Waals surface area contributed by atoms with Crippen molar-refractivity contribution in [1.29, 1.82) is 0 Å². The number of ketones is 1. The van der Waals surface area contributed by atoms with Crippen LogP contribution in [0, 0.1) is 0 Å². The topological polar surface area (TPSA) is 73.8 Å². The van der Waals surface area contributed by atoms with E-state index in [9.17, 15) is 4.79 Å². The maximum absolute atomic E-state index is 12.2. The fourth-order valence-electron chi connectivity index (χ4n) is 2.49. The quantitative estimate of drug-likeness (QED) is 0.831. The minimum Gasteiger partial charge on any atom is -0.325 e. The Kier molecular flexibility index (Phi) is 3.13. The zero-order valence-electron chi connectivity index (χ0n) is 10.7. The van der Waals surface area contributed by atoms with E-state index in [0.717, 1.165) is 18.4 Å². The van der Waals surface area contributed by atoms with Crippen molar-refractivity contribution in [3.8, 4) is 0 Å². The molecule has 2 N–H and O–H groups in total. The number of benzene rings is 1. The van der Waals surface area contributed by atoms with E-state index in [1.54, 1.807) is 6.20 Å². The lowest BCUT2D eigenvalue weighted by molar-refractivity contribution is 0.0967. The van der Waals surface area contributed by atoms with E-state index in [-0.39, 0.29) is 12.3 Å². The Morgan fingerprint density at radius 3 is 2.95 bits per heavy atom. The second kappa shape index (κ2) is 4.93. The van der Waals surface area contributed by atoms with Crippen LogP contribution in [-0.4, -0.2) is 20.8 Å². The Morgan fingerprint density at radius 2 is 2.16 bits per heavy atom. The minimum atomic E-state index is 0.0585. The Bertz CT molecular complexity index is 618. The van der Waals surface area contributed by atoms with Gasteiger partial charge in [0.1, 0.15) is 6.54 Å². The molecule has 1 heterocycles. The summed E-state index contributed by atoms with van der Waals surface area (Å²) >= 11 is 0. The van der Waals surface area contributed by atoms with Gasteiger partial charge in [0.05, 0.1) is 11.9 Å². The highest BCUT2D eigenvalue weighted by Gasteiger charge is 2.14. The van der Waals surface area contributed by atoms with Gasteiger partial charge in [-0.05, 0) is 36.5 Å². The highest BCUT2D eigenvalue weighted by molar-refractivity contribution is 5.96. The first-order chi connectivity index (χ1) is 9.26. The largest absolute Gasteiger partial charge is 0.325 e. The maximum Gasteiger partial charge on any atom is 0.184 e. The summed E-state index contributed by atoms with van der Waals surface area (Å²) in [6.07, 6.45) is 5.12. The van der Waals surface area contributed by atoms with Gasteiger partial charge in [0.25, 0.3) is 0 Å². The van der Waals surface area contributed by atoms with Crippen molar-refractivity contribution in [3.05, 3.63) is 46.8 Å². The van der Waals surface area contributed by atoms with Gasteiger partial charge < -0.3 is 5.73 Å². The molecule has 1 aromatic carbocycles. The van der Waals surface area contributed by atoms with Crippen molar-refractivity contribution in [2.75, 3.05) is 0 Å². The van der Waals surface area contributed by atoms with Gasteiger partial charge in [-0.3, -0.25) is 4.79 Å². The van der Waals surface area contributed by atoms with E-state index >= 15 is 0 Å². The molecule has 0 atom stereocenters. The van der Waals surface area contributed by atoms with Crippen LogP contribution in [0.2, 0.25) is 0 Å². The predicted molar refractivity (Wildman–Crippen MR) is 70.7 cm³/mol. The Balaban J connectivity index is 1.76. The summed E-state index contributed by atoms with van der Waals surface area (Å²) in [5, 5.41) is 7.77. The third-order valence-electron chi connectivity index (χ3n) is 3.52. The van der Waals surface area contributed by atoms with Crippen molar-refractivity contribution in [3.63, 3.8) is 0 Å². The number of hydrogen-bond acceptors (Lipinski definition) is 4. The van der Waals surface area contributed by atoms with Crippen LogP contribution in [0.25, 0.3) is 0 Å². The van der Waals surface area contributed by atoms with Gasteiger partial charge in [0.15, 0.2) is 5.78 Å². The smallest absolute Gasteiger partial charge is 0.184 e. The maximum atomic E-state index is 12.2. The number of aryl methyl sites for hydroxylation is 2. The molecule has 1 aromatic heterocycles. The van der Waals surface area contributed by atoms with Crippen LogP contribution < -0.4 is 5.73 Å². The molecule has 0 unspecified atom stereocenters. The Labute approximate surface area is 111 Å². The van der Waals surface area contributed by atoms with Gasteiger partial charge >= 0.3 is 0 Å². The third-order valence-corrected chi connectivity index (χ3v) is 3.52. The fourth-order valence-corrected chi connectivity index (χ4v) is 2.49. The number of fused-ring (bicyclic) bond motifs is 1. The summed E-state index contributed by atoms with van der Waals surface area (Å²) in [5.74, 6) is 0.0585. The van der Waals surface area contributed by atoms with E-state index < -0.39 is 0 Å². The molecule has 0 aliphatic heterocycles. The highest BCUT2D eigenvalue weighted by Crippen LogP contribution is 2.23. The van der Waals surface area contributed by atoms with Gasteiger partial charge in [-0.25, -0.2) is 4.68 Å². The third kappa shape index (κ3) is 2.42. The van der Waals surface area contributed by atoms with E-state index in [1.807, 2.05) is 12.1 Å². The number of rotatable bonds is 4. The molecule has 0 saturated heterocycles. The number of nitrogens with two attached hydrogens (primary N) is 1. The molecule has 3 rings (SSSR count). The summed E-state index contributed by atoms with van der Waals surface area (Å²) in [7, 11) is 0. The molecule has 0 saturated carbocycles. The van der Waals surface area contributed by atoms with Crippen LogP contribution in [0.5, 0.6) is 0 Å². The molecule has 0 fully saturated rings. The van der Waals surface area contributed by atoms with Gasteiger partial charge in [-0.1, -0.05) is 17.3 Å². The zero-order valence-corrected chi connectivity index (χ0v) is 10.7. The average molecular weight is 256 g/mol. The van der Waals surface area contributed by atoms with E-state index in [2.05, 4.69) is 16.4 Å². The molecule has 0 amide bonds. The van der Waals surface area contributed by atoms with Crippen molar-refractivity contribution in [1.82, 2.24) is 15.0 Å². The first-order valence-corrected chi connectivity index (χ1v) is 6.50. The van der Waals surface area contributed by atoms with Gasteiger partial charge in [0, 0.05) is 12.1 Å². The fraction of sp³-hybridized carbons (Fsp3) is 0.357. The molecule has 98 valence electrons. The number of carbonyl (C=O) groups excluding carboxylic acids is 1. The second-order valence-corrected chi connectivity index (χ2v) is 4.87. The Hall–Kier alpha value is -2.01. The van der Waals surface area contributed by atoms with Crippen molar-refractivity contribution in [2.24, 2.45) is 5.73 Å². The number of aromatic nitrogens is 3. The molecule has 0 spiro atoms. The number of nitrogens with zero attached hydrogens (tertiary/aromatic N) is 3. The number of hydrogen-bond donors (Lipinski definition) is 1. The standard InChI is InChI=1S/C14H16N4O/c15-7-13-8-18(17-16-13)9-14(19)12-5-4-10-2-1-3-11(10)6-12/h4-6,8H,1-3,7,9,15H2. The monoisotopic (exact) mass is 256 g/mol. The van der Waals surface area contributed by atoms with Gasteiger partial charge in [-0.15, -0.1) is 5.10 Å².